The van der Waals surface area contributed by atoms with E-state index in [0.29, 0.717) is 13.2 Å². The number of nitrogens with one attached hydrogen (secondary N) is 2. The first-order valence-electron chi connectivity index (χ1n) is 8.17. The molecule has 0 saturated heterocycles. The summed E-state index contributed by atoms with van der Waals surface area (Å²) < 4.78 is 5.83. The van der Waals surface area contributed by atoms with Gasteiger partial charge in [0, 0.05) is 43.6 Å². The Balaban J connectivity index is 1.72. The maximum Gasteiger partial charge on any atom is 0.319 e. The molecule has 0 aliphatic carbocycles. The van der Waals surface area contributed by atoms with Gasteiger partial charge in [-0.25, -0.2) is 4.79 Å². The van der Waals surface area contributed by atoms with Crippen LogP contribution in [0.25, 0.3) is 0 Å². The Morgan fingerprint density at radius 2 is 2.25 bits per heavy atom. The number of urea groups is 1. The number of rotatable bonds is 4. The first-order chi connectivity index (χ1) is 11.7. The lowest BCUT2D eigenvalue weighted by atomic mass is 10.1. The van der Waals surface area contributed by atoms with Gasteiger partial charge in [0.2, 0.25) is 0 Å². The third-order valence-corrected chi connectivity index (χ3v) is 3.83. The number of pyridine rings is 1. The highest BCUT2D eigenvalue weighted by atomic mass is 16.5. The Kier molecular flexibility index (Phi) is 5.28. The predicted molar refractivity (Wildman–Crippen MR) is 93.0 cm³/mol. The van der Waals surface area contributed by atoms with E-state index in [1.807, 2.05) is 49.5 Å². The van der Waals surface area contributed by atoms with Crippen molar-refractivity contribution < 1.29 is 9.53 Å². The largest absolute Gasteiger partial charge is 0.492 e. The first kappa shape index (κ1) is 16.3. The van der Waals surface area contributed by atoms with Gasteiger partial charge in [-0.2, -0.15) is 0 Å². The molecule has 0 bridgehead atoms. The van der Waals surface area contributed by atoms with Gasteiger partial charge >= 0.3 is 6.03 Å². The molecule has 1 aromatic carbocycles. The Labute approximate surface area is 141 Å². The van der Waals surface area contributed by atoms with Gasteiger partial charge in [-0.05, 0) is 37.3 Å². The summed E-state index contributed by atoms with van der Waals surface area (Å²) in [6, 6.07) is 11.5. The number of ether oxygens (including phenoxy) is 1. The average Bonchev–Trinajstić information content (AvgIpc) is 2.77. The number of aromatic nitrogens is 1. The molecule has 6 nitrogen and oxygen atoms in total. The van der Waals surface area contributed by atoms with Crippen molar-refractivity contribution in [2.45, 2.75) is 20.0 Å². The maximum atomic E-state index is 11.7. The fraction of sp³-hybridized carbons (Fsp3) is 0.333. The summed E-state index contributed by atoms with van der Waals surface area (Å²) in [6.07, 6.45) is 1.81. The van der Waals surface area contributed by atoms with Crippen LogP contribution in [0, 0.1) is 0 Å². The van der Waals surface area contributed by atoms with E-state index in [0.717, 1.165) is 42.3 Å². The zero-order valence-corrected chi connectivity index (χ0v) is 13.8. The van der Waals surface area contributed by atoms with Crippen LogP contribution in [0.15, 0.2) is 42.6 Å². The molecular formula is C18H22N4O2. The van der Waals surface area contributed by atoms with Gasteiger partial charge in [-0.15, -0.1) is 0 Å². The van der Waals surface area contributed by atoms with Crippen LogP contribution in [0.3, 0.4) is 0 Å². The Bertz CT molecular complexity index is 691. The van der Waals surface area contributed by atoms with Crippen molar-refractivity contribution in [3.63, 3.8) is 0 Å². The molecule has 0 fully saturated rings. The van der Waals surface area contributed by atoms with E-state index in [1.54, 1.807) is 0 Å². The van der Waals surface area contributed by atoms with Crippen molar-refractivity contribution in [2.75, 3.05) is 25.0 Å². The molecule has 0 radical (unpaired) electrons. The molecule has 2 N–H and O–H groups in total. The fourth-order valence-electron chi connectivity index (χ4n) is 2.72. The second-order valence-electron chi connectivity index (χ2n) is 5.69. The molecule has 2 aromatic rings. The molecule has 3 rings (SSSR count). The van der Waals surface area contributed by atoms with Crippen molar-refractivity contribution >= 4 is 11.7 Å². The van der Waals surface area contributed by atoms with Crippen molar-refractivity contribution in [3.05, 3.63) is 53.9 Å². The van der Waals surface area contributed by atoms with Crippen LogP contribution < -0.4 is 15.4 Å². The highest BCUT2D eigenvalue weighted by molar-refractivity contribution is 5.89. The predicted octanol–water partition coefficient (Wildman–Crippen LogP) is 2.62. The number of anilines is 1. The van der Waals surface area contributed by atoms with Gasteiger partial charge in [0.25, 0.3) is 0 Å². The monoisotopic (exact) mass is 326 g/mol. The number of fused-ring (bicyclic) bond motifs is 1. The van der Waals surface area contributed by atoms with Gasteiger partial charge in [0.1, 0.15) is 12.4 Å². The fourth-order valence-corrected chi connectivity index (χ4v) is 2.72. The van der Waals surface area contributed by atoms with E-state index in [-0.39, 0.29) is 6.03 Å². The molecular weight excluding hydrogens is 304 g/mol. The Morgan fingerprint density at radius 3 is 3.04 bits per heavy atom. The lowest BCUT2D eigenvalue weighted by molar-refractivity contribution is 0.218. The van der Waals surface area contributed by atoms with Crippen LogP contribution in [-0.2, 0) is 13.1 Å². The van der Waals surface area contributed by atoms with E-state index in [2.05, 4.69) is 20.5 Å². The molecule has 1 aliphatic rings. The van der Waals surface area contributed by atoms with Crippen molar-refractivity contribution in [2.24, 2.45) is 0 Å². The number of carbonyl (C=O) groups excluding carboxylic acids is 1. The smallest absolute Gasteiger partial charge is 0.319 e. The summed E-state index contributed by atoms with van der Waals surface area (Å²) in [4.78, 5) is 18.4. The minimum absolute atomic E-state index is 0.197. The topological polar surface area (TPSA) is 66.5 Å². The third kappa shape index (κ3) is 4.23. The van der Waals surface area contributed by atoms with Crippen LogP contribution in [-0.4, -0.2) is 35.6 Å². The molecule has 24 heavy (non-hydrogen) atoms. The number of nitrogens with zero attached hydrogens (tertiary/aromatic N) is 2. The summed E-state index contributed by atoms with van der Waals surface area (Å²) in [5, 5.41) is 5.57. The molecule has 1 aliphatic heterocycles. The van der Waals surface area contributed by atoms with Crippen LogP contribution in [0.5, 0.6) is 5.75 Å². The molecule has 2 amide bonds. The molecule has 126 valence electrons. The van der Waals surface area contributed by atoms with Gasteiger partial charge in [0.05, 0.1) is 5.69 Å². The average molecular weight is 326 g/mol. The lowest BCUT2D eigenvalue weighted by Crippen LogP contribution is -2.28. The van der Waals surface area contributed by atoms with Gasteiger partial charge < -0.3 is 15.4 Å². The zero-order valence-electron chi connectivity index (χ0n) is 13.8. The lowest BCUT2D eigenvalue weighted by Gasteiger charge is -2.19. The second-order valence-corrected chi connectivity index (χ2v) is 5.69. The third-order valence-electron chi connectivity index (χ3n) is 3.83. The van der Waals surface area contributed by atoms with Crippen molar-refractivity contribution in [3.8, 4) is 5.75 Å². The highest BCUT2D eigenvalue weighted by Gasteiger charge is 2.16. The summed E-state index contributed by atoms with van der Waals surface area (Å²) >= 11 is 0. The van der Waals surface area contributed by atoms with E-state index < -0.39 is 0 Å². The molecule has 1 aromatic heterocycles. The van der Waals surface area contributed by atoms with Crippen LogP contribution in [0.4, 0.5) is 10.5 Å². The van der Waals surface area contributed by atoms with Crippen molar-refractivity contribution in [1.29, 1.82) is 0 Å². The first-order valence-corrected chi connectivity index (χ1v) is 8.17. The number of hydrogen-bond donors (Lipinski definition) is 2. The number of benzene rings is 1. The Morgan fingerprint density at radius 1 is 1.33 bits per heavy atom. The zero-order chi connectivity index (χ0) is 16.8. The number of hydrogen-bond acceptors (Lipinski definition) is 4. The standard InChI is InChI=1S/C18H22N4O2/c1-2-19-18(23)21-15-6-7-17-14(11-15)12-22(9-10-24-17)13-16-5-3-4-8-20-16/h3-8,11H,2,9-10,12-13H2,1H3,(H2,19,21,23). The maximum absolute atomic E-state index is 11.7. The summed E-state index contributed by atoms with van der Waals surface area (Å²) in [6.45, 7) is 5.50. The minimum atomic E-state index is -0.197. The second kappa shape index (κ2) is 7.79. The molecule has 2 heterocycles. The van der Waals surface area contributed by atoms with Gasteiger partial charge in [0.15, 0.2) is 0 Å². The van der Waals surface area contributed by atoms with Crippen LogP contribution in [0.2, 0.25) is 0 Å². The summed E-state index contributed by atoms with van der Waals surface area (Å²) in [5.41, 5.74) is 2.87. The molecule has 0 saturated carbocycles. The Hall–Kier alpha value is -2.60. The van der Waals surface area contributed by atoms with E-state index in [4.69, 9.17) is 4.74 Å². The van der Waals surface area contributed by atoms with Crippen molar-refractivity contribution in [1.82, 2.24) is 15.2 Å². The van der Waals surface area contributed by atoms with Crippen LogP contribution >= 0.6 is 0 Å². The van der Waals surface area contributed by atoms with E-state index >= 15 is 0 Å². The van der Waals surface area contributed by atoms with Gasteiger partial charge in [-0.3, -0.25) is 9.88 Å². The highest BCUT2D eigenvalue weighted by Crippen LogP contribution is 2.27. The molecule has 0 atom stereocenters. The van der Waals surface area contributed by atoms with E-state index in [9.17, 15) is 4.79 Å². The minimum Gasteiger partial charge on any atom is -0.492 e. The number of amides is 2. The van der Waals surface area contributed by atoms with Crippen LogP contribution in [0.1, 0.15) is 18.2 Å². The SMILES string of the molecule is CCNC(=O)Nc1ccc2c(c1)CN(Cc1ccccn1)CCO2. The number of carbonyl (C=O) groups is 1. The van der Waals surface area contributed by atoms with Gasteiger partial charge in [-0.1, -0.05) is 6.07 Å². The molecule has 0 spiro atoms. The normalized spacial score (nSPS) is 14.2. The molecule has 6 heteroatoms. The summed E-state index contributed by atoms with van der Waals surface area (Å²) in [7, 11) is 0. The quantitative estimate of drug-likeness (QED) is 0.906. The molecule has 0 unspecified atom stereocenters. The van der Waals surface area contributed by atoms with E-state index in [1.165, 1.54) is 0 Å². The summed E-state index contributed by atoms with van der Waals surface area (Å²) in [5.74, 6) is 0.875.